The summed E-state index contributed by atoms with van der Waals surface area (Å²) in [5.41, 5.74) is -1.54. The fraction of sp³-hybridized carbons (Fsp3) is 0.182. The molecule has 0 amide bonds. The Morgan fingerprint density at radius 2 is 1.74 bits per heavy atom. The number of hydrogen-bond donors (Lipinski definition) is 0. The number of alkyl halides is 3. The van der Waals surface area contributed by atoms with Crippen LogP contribution >= 0.6 is 0 Å². The van der Waals surface area contributed by atoms with E-state index in [9.17, 15) is 17.6 Å². The molecule has 19 heavy (non-hydrogen) atoms. The summed E-state index contributed by atoms with van der Waals surface area (Å²) >= 11 is 0. The summed E-state index contributed by atoms with van der Waals surface area (Å²) in [5, 5.41) is 0. The zero-order chi connectivity index (χ0) is 14.0. The van der Waals surface area contributed by atoms with E-state index in [0.29, 0.717) is 0 Å². The number of halogens is 4. The molecule has 0 aliphatic heterocycles. The average molecular weight is 273 g/mol. The third-order valence-corrected chi connectivity index (χ3v) is 2.25. The highest BCUT2D eigenvalue weighted by molar-refractivity contribution is 5.64. The second kappa shape index (κ2) is 4.79. The molecule has 0 saturated carbocycles. The minimum atomic E-state index is -4.77. The molecule has 2 aromatic rings. The predicted octanol–water partition coefficient (Wildman–Crippen LogP) is 2.71. The molecule has 2 rings (SSSR count). The SMILES string of the molecule is COc1ncc(-c2ccc(F)nc2C(F)(F)F)cn1. The number of pyridine rings is 1. The Balaban J connectivity index is 2.54. The molecule has 0 atom stereocenters. The van der Waals surface area contributed by atoms with Gasteiger partial charge in [0.25, 0.3) is 0 Å². The zero-order valence-electron chi connectivity index (χ0n) is 9.57. The van der Waals surface area contributed by atoms with Crippen molar-refractivity contribution < 1.29 is 22.3 Å². The van der Waals surface area contributed by atoms with Crippen LogP contribution < -0.4 is 4.74 Å². The molecule has 100 valence electrons. The van der Waals surface area contributed by atoms with Gasteiger partial charge in [0.15, 0.2) is 5.69 Å². The van der Waals surface area contributed by atoms with Crippen molar-refractivity contribution in [3.8, 4) is 17.1 Å². The molecule has 0 fully saturated rings. The molecule has 0 aromatic carbocycles. The lowest BCUT2D eigenvalue weighted by atomic mass is 10.1. The maximum Gasteiger partial charge on any atom is 0.434 e. The number of ether oxygens (including phenoxy) is 1. The van der Waals surface area contributed by atoms with Gasteiger partial charge in [-0.05, 0) is 12.1 Å². The van der Waals surface area contributed by atoms with Gasteiger partial charge in [0.1, 0.15) is 0 Å². The fourth-order valence-corrected chi connectivity index (χ4v) is 1.45. The first-order valence-corrected chi connectivity index (χ1v) is 5.02. The number of methoxy groups -OCH3 is 1. The third kappa shape index (κ3) is 2.78. The van der Waals surface area contributed by atoms with Crippen LogP contribution in [0, 0.1) is 5.95 Å². The van der Waals surface area contributed by atoms with Gasteiger partial charge < -0.3 is 4.74 Å². The molecule has 0 saturated heterocycles. The quantitative estimate of drug-likeness (QED) is 0.623. The summed E-state index contributed by atoms with van der Waals surface area (Å²) in [4.78, 5) is 10.3. The zero-order valence-corrected chi connectivity index (χ0v) is 9.57. The van der Waals surface area contributed by atoms with E-state index in [4.69, 9.17) is 4.74 Å². The molecule has 4 nitrogen and oxygen atoms in total. The van der Waals surface area contributed by atoms with Gasteiger partial charge in [-0.25, -0.2) is 15.0 Å². The monoisotopic (exact) mass is 273 g/mol. The summed E-state index contributed by atoms with van der Waals surface area (Å²) < 4.78 is 55.8. The standard InChI is InChI=1S/C11H7F4N3O/c1-19-10-16-4-6(5-17-10)7-2-3-8(12)18-9(7)11(13,14)15/h2-5H,1H3. The predicted molar refractivity (Wildman–Crippen MR) is 56.8 cm³/mol. The summed E-state index contributed by atoms with van der Waals surface area (Å²) in [5.74, 6) is -1.20. The lowest BCUT2D eigenvalue weighted by Crippen LogP contribution is -2.11. The van der Waals surface area contributed by atoms with Crippen molar-refractivity contribution in [3.05, 3.63) is 36.2 Å². The van der Waals surface area contributed by atoms with E-state index in [0.717, 1.165) is 24.5 Å². The molecular weight excluding hydrogens is 266 g/mol. The van der Waals surface area contributed by atoms with Crippen LogP contribution in [0.3, 0.4) is 0 Å². The minimum Gasteiger partial charge on any atom is -0.467 e. The Bertz CT molecular complexity index is 583. The highest BCUT2D eigenvalue weighted by Crippen LogP contribution is 2.35. The summed E-state index contributed by atoms with van der Waals surface area (Å²) in [7, 11) is 1.33. The Labute approximate surface area is 105 Å². The number of aromatic nitrogens is 3. The van der Waals surface area contributed by atoms with E-state index in [1.54, 1.807) is 0 Å². The van der Waals surface area contributed by atoms with Crippen molar-refractivity contribution in [2.24, 2.45) is 0 Å². The minimum absolute atomic E-state index is 0.0207. The summed E-state index contributed by atoms with van der Waals surface area (Å²) in [6, 6.07) is 1.85. The normalized spacial score (nSPS) is 11.4. The molecule has 0 unspecified atom stereocenters. The first-order chi connectivity index (χ1) is 8.91. The Hall–Kier alpha value is -2.25. The van der Waals surface area contributed by atoms with E-state index >= 15 is 0 Å². The molecule has 2 aromatic heterocycles. The van der Waals surface area contributed by atoms with Crippen LogP contribution in [0.4, 0.5) is 17.6 Å². The number of hydrogen-bond acceptors (Lipinski definition) is 4. The topological polar surface area (TPSA) is 47.9 Å². The van der Waals surface area contributed by atoms with Crippen LogP contribution in [0.2, 0.25) is 0 Å². The third-order valence-electron chi connectivity index (χ3n) is 2.25. The Morgan fingerprint density at radius 1 is 1.11 bits per heavy atom. The lowest BCUT2D eigenvalue weighted by Gasteiger charge is -2.11. The molecule has 0 N–H and O–H groups in total. The molecular formula is C11H7F4N3O. The van der Waals surface area contributed by atoms with Crippen LogP contribution in [0.15, 0.2) is 24.5 Å². The second-order valence-electron chi connectivity index (χ2n) is 3.49. The molecule has 0 radical (unpaired) electrons. The highest BCUT2D eigenvalue weighted by Gasteiger charge is 2.36. The average Bonchev–Trinajstić information content (AvgIpc) is 2.38. The van der Waals surface area contributed by atoms with E-state index in [-0.39, 0.29) is 17.1 Å². The van der Waals surface area contributed by atoms with E-state index < -0.39 is 17.8 Å². The van der Waals surface area contributed by atoms with Gasteiger partial charge in [-0.3, -0.25) is 0 Å². The number of rotatable bonds is 2. The van der Waals surface area contributed by atoms with Gasteiger partial charge in [-0.2, -0.15) is 17.6 Å². The first-order valence-electron chi connectivity index (χ1n) is 5.02. The first kappa shape index (κ1) is 13.2. The van der Waals surface area contributed by atoms with Crippen molar-refractivity contribution in [1.82, 2.24) is 15.0 Å². The van der Waals surface area contributed by atoms with Crippen LogP contribution in [0.25, 0.3) is 11.1 Å². The van der Waals surface area contributed by atoms with Crippen LogP contribution in [0.5, 0.6) is 6.01 Å². The summed E-state index contributed by atoms with van der Waals surface area (Å²) in [6.45, 7) is 0. The summed E-state index contributed by atoms with van der Waals surface area (Å²) in [6.07, 6.45) is -2.47. The Morgan fingerprint density at radius 3 is 2.26 bits per heavy atom. The Kier molecular flexibility index (Phi) is 3.32. The van der Waals surface area contributed by atoms with Gasteiger partial charge in [0.05, 0.1) is 7.11 Å². The van der Waals surface area contributed by atoms with Gasteiger partial charge in [-0.15, -0.1) is 0 Å². The van der Waals surface area contributed by atoms with Crippen molar-refractivity contribution in [2.75, 3.05) is 7.11 Å². The lowest BCUT2D eigenvalue weighted by molar-refractivity contribution is -0.141. The van der Waals surface area contributed by atoms with Crippen molar-refractivity contribution in [3.63, 3.8) is 0 Å². The maximum absolute atomic E-state index is 12.8. The largest absolute Gasteiger partial charge is 0.467 e. The van der Waals surface area contributed by atoms with E-state index in [1.165, 1.54) is 7.11 Å². The van der Waals surface area contributed by atoms with Crippen molar-refractivity contribution in [2.45, 2.75) is 6.18 Å². The van der Waals surface area contributed by atoms with Crippen molar-refractivity contribution >= 4 is 0 Å². The van der Waals surface area contributed by atoms with Crippen molar-refractivity contribution in [1.29, 1.82) is 0 Å². The van der Waals surface area contributed by atoms with E-state index in [1.807, 2.05) is 0 Å². The maximum atomic E-state index is 12.8. The van der Waals surface area contributed by atoms with Crippen LogP contribution in [0.1, 0.15) is 5.69 Å². The smallest absolute Gasteiger partial charge is 0.434 e. The van der Waals surface area contributed by atoms with Gasteiger partial charge in [0.2, 0.25) is 5.95 Å². The van der Waals surface area contributed by atoms with Crippen LogP contribution in [-0.2, 0) is 6.18 Å². The van der Waals surface area contributed by atoms with E-state index in [2.05, 4.69) is 15.0 Å². The number of nitrogens with zero attached hydrogens (tertiary/aromatic N) is 3. The van der Waals surface area contributed by atoms with Gasteiger partial charge in [0, 0.05) is 23.5 Å². The van der Waals surface area contributed by atoms with Gasteiger partial charge >= 0.3 is 12.2 Å². The van der Waals surface area contributed by atoms with Crippen LogP contribution in [-0.4, -0.2) is 22.1 Å². The fourth-order valence-electron chi connectivity index (χ4n) is 1.45. The highest BCUT2D eigenvalue weighted by atomic mass is 19.4. The molecule has 2 heterocycles. The molecule has 0 aliphatic rings. The molecule has 0 aliphatic carbocycles. The van der Waals surface area contributed by atoms with Gasteiger partial charge in [-0.1, -0.05) is 0 Å². The molecule has 0 bridgehead atoms. The second-order valence-corrected chi connectivity index (χ2v) is 3.49. The molecule has 8 heteroatoms. The molecule has 0 spiro atoms.